The first-order valence-corrected chi connectivity index (χ1v) is 12.5. The molecule has 0 unspecified atom stereocenters. The van der Waals surface area contributed by atoms with Gasteiger partial charge in [-0.05, 0) is 29.0 Å². The minimum Gasteiger partial charge on any atom is -0.352 e. The molecule has 1 amide bonds. The van der Waals surface area contributed by atoms with Gasteiger partial charge >= 0.3 is 0 Å². The lowest BCUT2D eigenvalue weighted by Crippen LogP contribution is -2.35. The number of benzene rings is 3. The monoisotopic (exact) mass is 433 g/mol. The number of hydrogen-bond acceptors (Lipinski definition) is 2. The maximum Gasteiger partial charge on any atom is 0.252 e. The van der Waals surface area contributed by atoms with Crippen LogP contribution in [0.3, 0.4) is 0 Å². The van der Waals surface area contributed by atoms with Gasteiger partial charge in [0.05, 0.1) is 5.56 Å². The first-order chi connectivity index (χ1) is 14.6. The molecule has 0 saturated heterocycles. The van der Waals surface area contributed by atoms with E-state index in [1.54, 1.807) is 0 Å². The molecule has 3 aromatic rings. The summed E-state index contributed by atoms with van der Waals surface area (Å²) in [5, 5.41) is 5.06. The molecule has 4 heteroatoms. The van der Waals surface area contributed by atoms with E-state index in [1.807, 2.05) is 78.9 Å². The molecule has 0 aromatic heterocycles. The van der Waals surface area contributed by atoms with Crippen molar-refractivity contribution in [3.8, 4) is 0 Å². The fraction of sp³-hybridized carbons (Fsp3) is 0.296. The fourth-order valence-electron chi connectivity index (χ4n) is 3.55. The van der Waals surface area contributed by atoms with E-state index in [0.29, 0.717) is 23.3 Å². The van der Waals surface area contributed by atoms with Gasteiger partial charge in [0, 0.05) is 22.5 Å². The fourth-order valence-corrected chi connectivity index (χ4v) is 6.42. The standard InChI is InChI=1S/C27H32NO2P/c1-20(2)19-28-26(29)24-17-16-21(27(3,4)5)18-25(24)31(30,22-12-8-6-9-13-22)23-14-10-7-11-15-23/h6-18,20H,19H2,1-5H3,(H,28,29). The van der Waals surface area contributed by atoms with Crippen LogP contribution in [0.25, 0.3) is 0 Å². The van der Waals surface area contributed by atoms with Crippen molar-refractivity contribution in [3.63, 3.8) is 0 Å². The predicted octanol–water partition coefficient (Wildman–Crippen LogP) is 5.01. The molecular formula is C27H32NO2P. The van der Waals surface area contributed by atoms with Crippen LogP contribution in [0, 0.1) is 5.92 Å². The number of carbonyl (C=O) groups excluding carboxylic acids is 1. The molecule has 0 bridgehead atoms. The Morgan fingerprint density at radius 3 is 1.84 bits per heavy atom. The Kier molecular flexibility index (Phi) is 6.86. The summed E-state index contributed by atoms with van der Waals surface area (Å²) in [6, 6.07) is 24.8. The molecule has 0 aliphatic heterocycles. The second-order valence-electron chi connectivity index (χ2n) is 9.37. The van der Waals surface area contributed by atoms with Gasteiger partial charge in [-0.25, -0.2) is 0 Å². The normalized spacial score (nSPS) is 12.1. The maximum absolute atomic E-state index is 15.0. The average molecular weight is 434 g/mol. The van der Waals surface area contributed by atoms with Gasteiger partial charge in [0.15, 0.2) is 7.14 Å². The highest BCUT2D eigenvalue weighted by Gasteiger charge is 2.34. The Bertz CT molecular complexity index is 1040. The van der Waals surface area contributed by atoms with Crippen LogP contribution in [0.2, 0.25) is 0 Å². The van der Waals surface area contributed by atoms with E-state index in [-0.39, 0.29) is 11.3 Å². The van der Waals surface area contributed by atoms with Gasteiger partial charge in [-0.2, -0.15) is 0 Å². The maximum atomic E-state index is 15.0. The molecule has 0 aliphatic rings. The third-order valence-corrected chi connectivity index (χ3v) is 8.46. The number of hydrogen-bond donors (Lipinski definition) is 1. The zero-order valence-electron chi connectivity index (χ0n) is 19.1. The van der Waals surface area contributed by atoms with Crippen LogP contribution in [-0.2, 0) is 9.98 Å². The first kappa shape index (κ1) is 23.0. The number of carbonyl (C=O) groups is 1. The molecule has 0 saturated carbocycles. The molecule has 0 heterocycles. The zero-order valence-corrected chi connectivity index (χ0v) is 19.9. The van der Waals surface area contributed by atoms with Crippen LogP contribution >= 0.6 is 7.14 Å². The minimum atomic E-state index is -3.27. The smallest absolute Gasteiger partial charge is 0.252 e. The Hall–Kier alpha value is -2.64. The van der Waals surface area contributed by atoms with Gasteiger partial charge in [0.25, 0.3) is 5.91 Å². The quantitative estimate of drug-likeness (QED) is 0.556. The van der Waals surface area contributed by atoms with Crippen molar-refractivity contribution in [2.45, 2.75) is 40.0 Å². The molecule has 0 fully saturated rings. The molecule has 1 N–H and O–H groups in total. The minimum absolute atomic E-state index is 0.139. The van der Waals surface area contributed by atoms with Gasteiger partial charge in [-0.15, -0.1) is 0 Å². The third kappa shape index (κ3) is 4.99. The highest BCUT2D eigenvalue weighted by Crippen LogP contribution is 2.44. The average Bonchev–Trinajstić information content (AvgIpc) is 2.77. The molecule has 31 heavy (non-hydrogen) atoms. The summed E-state index contributed by atoms with van der Waals surface area (Å²) < 4.78 is 15.0. The van der Waals surface area contributed by atoms with Crippen molar-refractivity contribution >= 4 is 29.0 Å². The molecule has 3 rings (SSSR count). The Labute approximate surface area is 186 Å². The van der Waals surface area contributed by atoms with E-state index >= 15 is 0 Å². The largest absolute Gasteiger partial charge is 0.352 e. The number of rotatable bonds is 6. The van der Waals surface area contributed by atoms with Crippen molar-refractivity contribution in [2.24, 2.45) is 5.92 Å². The van der Waals surface area contributed by atoms with Crippen LogP contribution in [0.15, 0.2) is 78.9 Å². The lowest BCUT2D eigenvalue weighted by Gasteiger charge is -2.26. The summed E-state index contributed by atoms with van der Waals surface area (Å²) in [5.41, 5.74) is 1.39. The highest BCUT2D eigenvalue weighted by molar-refractivity contribution is 7.85. The van der Waals surface area contributed by atoms with Crippen molar-refractivity contribution in [1.29, 1.82) is 0 Å². The summed E-state index contributed by atoms with van der Waals surface area (Å²) in [4.78, 5) is 13.2. The summed E-state index contributed by atoms with van der Waals surface area (Å²) in [6.45, 7) is 11.1. The molecule has 3 nitrogen and oxygen atoms in total. The third-order valence-electron chi connectivity index (χ3n) is 5.36. The van der Waals surface area contributed by atoms with E-state index in [1.165, 1.54) is 0 Å². The lowest BCUT2D eigenvalue weighted by atomic mass is 9.86. The van der Waals surface area contributed by atoms with Gasteiger partial charge in [-0.1, -0.05) is 101 Å². The van der Waals surface area contributed by atoms with Gasteiger partial charge in [0.1, 0.15) is 0 Å². The molecule has 0 aliphatic carbocycles. The summed E-state index contributed by atoms with van der Waals surface area (Å²) >= 11 is 0. The molecule has 0 spiro atoms. The summed E-state index contributed by atoms with van der Waals surface area (Å²) in [5.74, 6) is 0.146. The molecule has 0 atom stereocenters. The second kappa shape index (κ2) is 9.24. The lowest BCUT2D eigenvalue weighted by molar-refractivity contribution is 0.0950. The van der Waals surface area contributed by atoms with Crippen molar-refractivity contribution < 1.29 is 9.36 Å². The van der Waals surface area contributed by atoms with Crippen molar-refractivity contribution in [1.82, 2.24) is 5.32 Å². The van der Waals surface area contributed by atoms with E-state index < -0.39 is 7.14 Å². The van der Waals surface area contributed by atoms with Crippen LogP contribution in [0.1, 0.15) is 50.5 Å². The highest BCUT2D eigenvalue weighted by atomic mass is 31.2. The molecule has 3 aromatic carbocycles. The molecule has 162 valence electrons. The van der Waals surface area contributed by atoms with E-state index in [2.05, 4.69) is 39.9 Å². The van der Waals surface area contributed by atoms with Crippen LogP contribution in [0.4, 0.5) is 0 Å². The Morgan fingerprint density at radius 1 is 0.871 bits per heavy atom. The first-order valence-electron chi connectivity index (χ1n) is 10.8. The summed E-state index contributed by atoms with van der Waals surface area (Å²) in [6.07, 6.45) is 0. The van der Waals surface area contributed by atoms with Crippen molar-refractivity contribution in [3.05, 3.63) is 90.0 Å². The van der Waals surface area contributed by atoms with Crippen molar-refractivity contribution in [2.75, 3.05) is 6.54 Å². The van der Waals surface area contributed by atoms with E-state index in [4.69, 9.17) is 0 Å². The van der Waals surface area contributed by atoms with Gasteiger partial charge in [0.2, 0.25) is 0 Å². The topological polar surface area (TPSA) is 46.2 Å². The Balaban J connectivity index is 2.31. The van der Waals surface area contributed by atoms with E-state index in [9.17, 15) is 9.36 Å². The van der Waals surface area contributed by atoms with E-state index in [0.717, 1.165) is 16.2 Å². The predicted molar refractivity (Wildman–Crippen MR) is 132 cm³/mol. The second-order valence-corrected chi connectivity index (χ2v) is 12.1. The Morgan fingerprint density at radius 2 is 1.39 bits per heavy atom. The van der Waals surface area contributed by atoms with Gasteiger partial charge < -0.3 is 9.88 Å². The van der Waals surface area contributed by atoms with Crippen LogP contribution < -0.4 is 21.2 Å². The number of amides is 1. The molecule has 0 radical (unpaired) electrons. The van der Waals surface area contributed by atoms with Crippen LogP contribution in [-0.4, -0.2) is 12.5 Å². The van der Waals surface area contributed by atoms with Crippen LogP contribution in [0.5, 0.6) is 0 Å². The number of nitrogens with one attached hydrogen (secondary N) is 1. The summed E-state index contributed by atoms with van der Waals surface area (Å²) in [7, 11) is -3.27. The SMILES string of the molecule is CC(C)CNC(=O)c1ccc(C(C)(C)C)cc1P(=O)(c1ccccc1)c1ccccc1. The molecular weight excluding hydrogens is 401 g/mol. The zero-order chi connectivity index (χ0) is 22.6. The van der Waals surface area contributed by atoms with Gasteiger partial charge in [-0.3, -0.25) is 4.79 Å².